The summed E-state index contributed by atoms with van der Waals surface area (Å²) in [7, 11) is 0. The fraction of sp³-hybridized carbons (Fsp3) is 0.700. The largest absolute Gasteiger partial charge is 0.373 e. The fourth-order valence-corrected chi connectivity index (χ4v) is 2.99. The molecular formula is C20H32O2. The third kappa shape index (κ3) is 5.73. The summed E-state index contributed by atoms with van der Waals surface area (Å²) in [5.74, 6) is 0. The van der Waals surface area contributed by atoms with Crippen LogP contribution in [-0.4, -0.2) is 19.3 Å². The SMILES string of the molecule is CCCCCCc1ccc([C@@H]2CO[C@@H](CCCC)CO2)cc1. The zero-order valence-corrected chi connectivity index (χ0v) is 14.4. The molecular weight excluding hydrogens is 272 g/mol. The Bertz CT molecular complexity index is 391. The number of aryl methyl sites for hydroxylation is 1. The summed E-state index contributed by atoms with van der Waals surface area (Å²) >= 11 is 0. The van der Waals surface area contributed by atoms with Crippen molar-refractivity contribution < 1.29 is 9.47 Å². The third-order valence-corrected chi connectivity index (χ3v) is 4.52. The Balaban J connectivity index is 1.74. The maximum Gasteiger partial charge on any atom is 0.106 e. The number of hydrogen-bond acceptors (Lipinski definition) is 2. The van der Waals surface area contributed by atoms with E-state index in [1.165, 1.54) is 56.1 Å². The van der Waals surface area contributed by atoms with Gasteiger partial charge in [-0.3, -0.25) is 0 Å². The van der Waals surface area contributed by atoms with Gasteiger partial charge in [0, 0.05) is 0 Å². The summed E-state index contributed by atoms with van der Waals surface area (Å²) in [6, 6.07) is 8.95. The van der Waals surface area contributed by atoms with E-state index in [2.05, 4.69) is 38.1 Å². The van der Waals surface area contributed by atoms with Crippen LogP contribution in [0.5, 0.6) is 0 Å². The van der Waals surface area contributed by atoms with E-state index >= 15 is 0 Å². The number of hydrogen-bond donors (Lipinski definition) is 0. The van der Waals surface area contributed by atoms with Gasteiger partial charge in [0.05, 0.1) is 19.3 Å². The first-order valence-electron chi connectivity index (χ1n) is 9.15. The lowest BCUT2D eigenvalue weighted by atomic mass is 10.0. The third-order valence-electron chi connectivity index (χ3n) is 4.52. The van der Waals surface area contributed by atoms with Crippen molar-refractivity contribution in [1.29, 1.82) is 0 Å². The minimum absolute atomic E-state index is 0.118. The number of unbranched alkanes of at least 4 members (excludes halogenated alkanes) is 4. The minimum atomic E-state index is 0.118. The normalized spacial score (nSPS) is 21.9. The predicted octanol–water partition coefficient (Wildman–Crippen LogP) is 5.46. The molecule has 1 fully saturated rings. The molecule has 0 amide bonds. The smallest absolute Gasteiger partial charge is 0.106 e. The Morgan fingerprint density at radius 2 is 1.64 bits per heavy atom. The molecule has 22 heavy (non-hydrogen) atoms. The highest BCUT2D eigenvalue weighted by atomic mass is 16.6. The van der Waals surface area contributed by atoms with Gasteiger partial charge in [-0.25, -0.2) is 0 Å². The fourth-order valence-electron chi connectivity index (χ4n) is 2.99. The maximum absolute atomic E-state index is 6.00. The molecule has 2 nitrogen and oxygen atoms in total. The molecule has 1 aromatic rings. The molecule has 2 heteroatoms. The number of ether oxygens (including phenoxy) is 2. The van der Waals surface area contributed by atoms with E-state index in [0.717, 1.165) is 13.0 Å². The molecule has 0 spiro atoms. The van der Waals surface area contributed by atoms with Gasteiger partial charge in [0.25, 0.3) is 0 Å². The van der Waals surface area contributed by atoms with Gasteiger partial charge in [-0.15, -0.1) is 0 Å². The first-order chi connectivity index (χ1) is 10.8. The first kappa shape index (κ1) is 17.5. The van der Waals surface area contributed by atoms with E-state index < -0.39 is 0 Å². The van der Waals surface area contributed by atoms with Crippen molar-refractivity contribution in [3.63, 3.8) is 0 Å². The predicted molar refractivity (Wildman–Crippen MR) is 92.2 cm³/mol. The second-order valence-corrected chi connectivity index (χ2v) is 6.47. The molecule has 0 unspecified atom stereocenters. The molecule has 1 aliphatic heterocycles. The maximum atomic E-state index is 6.00. The molecule has 0 saturated carbocycles. The van der Waals surface area contributed by atoms with Crippen LogP contribution in [0, 0.1) is 0 Å². The summed E-state index contributed by atoms with van der Waals surface area (Å²) in [6.07, 6.45) is 10.5. The highest BCUT2D eigenvalue weighted by Crippen LogP contribution is 2.25. The van der Waals surface area contributed by atoms with Gasteiger partial charge in [-0.2, -0.15) is 0 Å². The summed E-state index contributed by atoms with van der Waals surface area (Å²) < 4.78 is 11.9. The van der Waals surface area contributed by atoms with Crippen molar-refractivity contribution in [1.82, 2.24) is 0 Å². The summed E-state index contributed by atoms with van der Waals surface area (Å²) in [4.78, 5) is 0. The second-order valence-electron chi connectivity index (χ2n) is 6.47. The number of rotatable bonds is 9. The standard InChI is InChI=1S/C20H32O2/c1-3-5-7-8-9-17-11-13-18(14-12-17)20-16-21-19(15-22-20)10-6-4-2/h11-14,19-20H,3-10,15-16H2,1-2H3/t19-,20-/m0/s1. The van der Waals surface area contributed by atoms with Crippen molar-refractivity contribution in [2.75, 3.05) is 13.2 Å². The molecule has 0 radical (unpaired) electrons. The van der Waals surface area contributed by atoms with Gasteiger partial charge in [0.15, 0.2) is 0 Å². The Hall–Kier alpha value is -0.860. The molecule has 2 atom stereocenters. The summed E-state index contributed by atoms with van der Waals surface area (Å²) in [6.45, 7) is 5.91. The van der Waals surface area contributed by atoms with Crippen LogP contribution in [0.2, 0.25) is 0 Å². The van der Waals surface area contributed by atoms with Crippen LogP contribution in [-0.2, 0) is 15.9 Å². The number of benzene rings is 1. The second kappa shape index (κ2) is 10.0. The molecule has 124 valence electrons. The Labute approximate surface area is 136 Å². The Kier molecular flexibility index (Phi) is 7.96. The van der Waals surface area contributed by atoms with Crippen LogP contribution in [0.4, 0.5) is 0 Å². The van der Waals surface area contributed by atoms with Crippen LogP contribution in [0.15, 0.2) is 24.3 Å². The van der Waals surface area contributed by atoms with E-state index in [9.17, 15) is 0 Å². The van der Waals surface area contributed by atoms with Crippen LogP contribution >= 0.6 is 0 Å². The molecule has 0 N–H and O–H groups in total. The Morgan fingerprint density at radius 3 is 2.27 bits per heavy atom. The molecule has 0 aromatic heterocycles. The monoisotopic (exact) mass is 304 g/mol. The molecule has 1 heterocycles. The van der Waals surface area contributed by atoms with Crippen LogP contribution in [0.3, 0.4) is 0 Å². The van der Waals surface area contributed by atoms with Crippen molar-refractivity contribution in [3.8, 4) is 0 Å². The first-order valence-corrected chi connectivity index (χ1v) is 9.15. The lowest BCUT2D eigenvalue weighted by molar-refractivity contribution is -0.137. The molecule has 0 aliphatic carbocycles. The van der Waals surface area contributed by atoms with Gasteiger partial charge in [0.2, 0.25) is 0 Å². The molecule has 1 aromatic carbocycles. The van der Waals surface area contributed by atoms with Crippen LogP contribution in [0.1, 0.15) is 76.0 Å². The van der Waals surface area contributed by atoms with Gasteiger partial charge in [0.1, 0.15) is 6.10 Å². The van der Waals surface area contributed by atoms with E-state index in [4.69, 9.17) is 9.47 Å². The minimum Gasteiger partial charge on any atom is -0.373 e. The average molecular weight is 304 g/mol. The summed E-state index contributed by atoms with van der Waals surface area (Å²) in [5, 5.41) is 0. The Morgan fingerprint density at radius 1 is 0.864 bits per heavy atom. The molecule has 1 saturated heterocycles. The van der Waals surface area contributed by atoms with E-state index in [0.29, 0.717) is 12.7 Å². The zero-order chi connectivity index (χ0) is 15.6. The highest BCUT2D eigenvalue weighted by Gasteiger charge is 2.22. The van der Waals surface area contributed by atoms with Crippen LogP contribution in [0.25, 0.3) is 0 Å². The lowest BCUT2D eigenvalue weighted by Crippen LogP contribution is -2.31. The molecule has 2 rings (SSSR count). The quantitative estimate of drug-likeness (QED) is 0.564. The van der Waals surface area contributed by atoms with Crippen molar-refractivity contribution in [2.24, 2.45) is 0 Å². The zero-order valence-electron chi connectivity index (χ0n) is 14.4. The van der Waals surface area contributed by atoms with E-state index in [1.54, 1.807) is 0 Å². The van der Waals surface area contributed by atoms with Crippen LogP contribution < -0.4 is 0 Å². The van der Waals surface area contributed by atoms with Gasteiger partial charge in [-0.05, 0) is 30.4 Å². The molecule has 1 aliphatic rings. The summed E-state index contributed by atoms with van der Waals surface area (Å²) in [5.41, 5.74) is 2.70. The highest BCUT2D eigenvalue weighted by molar-refractivity contribution is 5.24. The molecule has 0 bridgehead atoms. The average Bonchev–Trinajstić information content (AvgIpc) is 2.58. The van der Waals surface area contributed by atoms with Gasteiger partial charge >= 0.3 is 0 Å². The lowest BCUT2D eigenvalue weighted by Gasteiger charge is -2.30. The van der Waals surface area contributed by atoms with Crippen molar-refractivity contribution in [2.45, 2.75) is 77.4 Å². The van der Waals surface area contributed by atoms with Gasteiger partial charge in [-0.1, -0.05) is 70.2 Å². The van der Waals surface area contributed by atoms with Crippen molar-refractivity contribution in [3.05, 3.63) is 35.4 Å². The topological polar surface area (TPSA) is 18.5 Å². The van der Waals surface area contributed by atoms with Gasteiger partial charge < -0.3 is 9.47 Å². The van der Waals surface area contributed by atoms with E-state index in [1.807, 2.05) is 0 Å². The van der Waals surface area contributed by atoms with Crippen molar-refractivity contribution >= 4 is 0 Å². The van der Waals surface area contributed by atoms with E-state index in [-0.39, 0.29) is 6.10 Å².